The number of rotatable bonds is 6. The summed E-state index contributed by atoms with van der Waals surface area (Å²) in [6.45, 7) is 1.22. The Bertz CT molecular complexity index is 1050. The van der Waals surface area contributed by atoms with Crippen molar-refractivity contribution in [1.29, 1.82) is 0 Å². The smallest absolute Gasteiger partial charge is 0.488 e. The molecule has 0 radical (unpaired) electrons. The molecular formula is C16H12F3N3O4S. The third kappa shape index (κ3) is 4.76. The second-order valence-corrected chi connectivity index (χ2v) is 6.31. The second kappa shape index (κ2) is 7.27. The van der Waals surface area contributed by atoms with E-state index in [1.165, 1.54) is 23.1 Å². The Kier molecular flexibility index (Phi) is 5.04. The van der Waals surface area contributed by atoms with Crippen LogP contribution in [0.5, 0.6) is 11.5 Å². The van der Waals surface area contributed by atoms with Crippen LogP contribution in [-0.4, -0.2) is 23.2 Å². The van der Waals surface area contributed by atoms with Gasteiger partial charge in [-0.2, -0.15) is 13.5 Å². The summed E-state index contributed by atoms with van der Waals surface area (Å²) in [6, 6.07) is 6.99. The summed E-state index contributed by atoms with van der Waals surface area (Å²) in [7, 11) is -5.13. The molecule has 1 aromatic heterocycles. The number of ether oxygens (including phenoxy) is 1. The third-order valence-electron chi connectivity index (χ3n) is 3.40. The molecule has 0 aliphatic heterocycles. The minimum Gasteiger partial charge on any atom is -0.489 e. The number of nitrogens with zero attached hydrogens (tertiary/aromatic N) is 3. The molecule has 2 aromatic carbocycles. The summed E-state index contributed by atoms with van der Waals surface area (Å²) < 4.78 is 72.2. The van der Waals surface area contributed by atoms with Crippen molar-refractivity contribution in [3.63, 3.8) is 0 Å². The van der Waals surface area contributed by atoms with Gasteiger partial charge in [0.15, 0.2) is 0 Å². The maximum absolute atomic E-state index is 14.2. The van der Waals surface area contributed by atoms with Gasteiger partial charge in [0.05, 0.1) is 11.3 Å². The Balaban J connectivity index is 1.72. The first-order chi connectivity index (χ1) is 12.7. The normalized spacial score (nSPS) is 11.4. The molecule has 1 heterocycles. The van der Waals surface area contributed by atoms with Gasteiger partial charge in [0.1, 0.15) is 41.9 Å². The molecule has 27 heavy (non-hydrogen) atoms. The number of hydrogen-bond acceptors (Lipinski definition) is 6. The van der Waals surface area contributed by atoms with Crippen LogP contribution in [0.4, 0.5) is 12.7 Å². The predicted molar refractivity (Wildman–Crippen MR) is 87.4 cm³/mol. The van der Waals surface area contributed by atoms with Crippen LogP contribution in [0.15, 0.2) is 42.7 Å². The molecule has 3 aromatic rings. The Morgan fingerprint density at radius 3 is 2.19 bits per heavy atom. The highest BCUT2D eigenvalue weighted by Gasteiger charge is 2.14. The molecule has 0 aliphatic carbocycles. The molecule has 0 aliphatic rings. The third-order valence-corrected chi connectivity index (χ3v) is 3.79. The maximum atomic E-state index is 14.2. The summed E-state index contributed by atoms with van der Waals surface area (Å²) in [5.41, 5.74) is -0.134. The van der Waals surface area contributed by atoms with Crippen molar-refractivity contribution < 1.29 is 30.0 Å². The van der Waals surface area contributed by atoms with Crippen LogP contribution < -0.4 is 8.92 Å². The van der Waals surface area contributed by atoms with E-state index in [0.29, 0.717) is 5.82 Å². The van der Waals surface area contributed by atoms with Gasteiger partial charge in [-0.1, -0.05) is 3.89 Å². The number of hydrogen-bond donors (Lipinski definition) is 0. The van der Waals surface area contributed by atoms with Crippen LogP contribution in [0, 0.1) is 18.6 Å². The van der Waals surface area contributed by atoms with E-state index in [1.807, 2.05) is 0 Å². The Morgan fingerprint density at radius 1 is 1.07 bits per heavy atom. The van der Waals surface area contributed by atoms with Gasteiger partial charge in [0.25, 0.3) is 0 Å². The van der Waals surface area contributed by atoms with Crippen molar-refractivity contribution in [2.75, 3.05) is 0 Å². The van der Waals surface area contributed by atoms with E-state index in [4.69, 9.17) is 4.74 Å². The number of aromatic nitrogens is 3. The minimum atomic E-state index is -5.13. The first-order valence-corrected chi connectivity index (χ1v) is 8.75. The molecule has 0 saturated heterocycles. The van der Waals surface area contributed by atoms with Gasteiger partial charge in [0, 0.05) is 12.1 Å². The van der Waals surface area contributed by atoms with Gasteiger partial charge in [-0.05, 0) is 31.2 Å². The lowest BCUT2D eigenvalue weighted by Crippen LogP contribution is -2.05. The quantitative estimate of drug-likeness (QED) is 0.593. The largest absolute Gasteiger partial charge is 0.489 e. The monoisotopic (exact) mass is 399 g/mol. The molecule has 11 heteroatoms. The van der Waals surface area contributed by atoms with Crippen molar-refractivity contribution in [3.05, 3.63) is 65.7 Å². The zero-order chi connectivity index (χ0) is 19.6. The lowest BCUT2D eigenvalue weighted by Gasteiger charge is -2.10. The van der Waals surface area contributed by atoms with E-state index in [1.54, 1.807) is 6.92 Å². The first kappa shape index (κ1) is 18.7. The van der Waals surface area contributed by atoms with E-state index in [2.05, 4.69) is 14.3 Å². The maximum Gasteiger partial charge on any atom is 0.488 e. The van der Waals surface area contributed by atoms with Crippen LogP contribution in [0.3, 0.4) is 0 Å². The lowest BCUT2D eigenvalue weighted by atomic mass is 10.2. The molecule has 0 atom stereocenters. The fourth-order valence-corrected chi connectivity index (χ4v) is 2.53. The number of aryl methyl sites for hydroxylation is 1. The van der Waals surface area contributed by atoms with Crippen molar-refractivity contribution in [2.24, 2.45) is 0 Å². The van der Waals surface area contributed by atoms with Gasteiger partial charge < -0.3 is 8.92 Å². The van der Waals surface area contributed by atoms with Gasteiger partial charge >= 0.3 is 10.5 Å². The topological polar surface area (TPSA) is 83.3 Å². The van der Waals surface area contributed by atoms with Gasteiger partial charge in [-0.15, -0.1) is 0 Å². The van der Waals surface area contributed by atoms with Crippen molar-refractivity contribution in [3.8, 4) is 17.2 Å². The van der Waals surface area contributed by atoms with Crippen LogP contribution in [0.1, 0.15) is 11.4 Å². The predicted octanol–water partition coefficient (Wildman–Crippen LogP) is 3.03. The highest BCUT2D eigenvalue weighted by Crippen LogP contribution is 2.23. The lowest BCUT2D eigenvalue weighted by molar-refractivity contribution is 0.292. The van der Waals surface area contributed by atoms with Crippen molar-refractivity contribution >= 4 is 10.5 Å². The standard InChI is InChI=1S/C16H12F3N3O4S/c1-10-20-9-22(21-10)11-6-15(17)14(16(18)7-11)8-25-12-2-4-13(5-3-12)26-27(19,23)24/h2-7,9H,8H2,1H3. The van der Waals surface area contributed by atoms with Crippen molar-refractivity contribution in [1.82, 2.24) is 14.8 Å². The van der Waals surface area contributed by atoms with Crippen molar-refractivity contribution in [2.45, 2.75) is 13.5 Å². The van der Waals surface area contributed by atoms with E-state index >= 15 is 0 Å². The minimum absolute atomic E-state index is 0.170. The number of benzene rings is 2. The SMILES string of the molecule is Cc1ncn(-c2cc(F)c(COc3ccc(OS(=O)(=O)F)cc3)c(F)c2)n1. The highest BCUT2D eigenvalue weighted by atomic mass is 32.3. The van der Waals surface area contributed by atoms with E-state index in [-0.39, 0.29) is 22.7 Å². The van der Waals surface area contributed by atoms with Gasteiger partial charge in [-0.25, -0.2) is 18.4 Å². The van der Waals surface area contributed by atoms with E-state index in [0.717, 1.165) is 24.3 Å². The molecule has 0 amide bonds. The Labute approximate surface area is 152 Å². The molecule has 7 nitrogen and oxygen atoms in total. The Hall–Kier alpha value is -3.08. The summed E-state index contributed by atoms with van der Waals surface area (Å²) in [6.07, 6.45) is 1.33. The van der Waals surface area contributed by atoms with Gasteiger partial charge in [0.2, 0.25) is 0 Å². The fourth-order valence-electron chi connectivity index (χ4n) is 2.19. The Morgan fingerprint density at radius 2 is 1.67 bits per heavy atom. The molecule has 142 valence electrons. The summed E-state index contributed by atoms with van der Waals surface area (Å²) >= 11 is 0. The molecule has 0 bridgehead atoms. The second-order valence-electron chi connectivity index (χ2n) is 5.36. The zero-order valence-corrected chi connectivity index (χ0v) is 14.6. The molecule has 0 spiro atoms. The molecule has 0 unspecified atom stereocenters. The molecule has 0 fully saturated rings. The zero-order valence-electron chi connectivity index (χ0n) is 13.8. The molecule has 3 rings (SSSR count). The highest BCUT2D eigenvalue weighted by molar-refractivity contribution is 7.81. The van der Waals surface area contributed by atoms with E-state index in [9.17, 15) is 21.1 Å². The fraction of sp³-hybridized carbons (Fsp3) is 0.125. The van der Waals surface area contributed by atoms with Crippen LogP contribution in [0.25, 0.3) is 5.69 Å². The summed E-state index contributed by atoms with van der Waals surface area (Å²) in [5, 5.41) is 3.98. The van der Waals surface area contributed by atoms with Crippen LogP contribution >= 0.6 is 0 Å². The summed E-state index contributed by atoms with van der Waals surface area (Å²) in [5.74, 6) is -1.30. The van der Waals surface area contributed by atoms with Gasteiger partial charge in [-0.3, -0.25) is 0 Å². The molecule has 0 N–H and O–H groups in total. The molecule has 0 saturated carbocycles. The summed E-state index contributed by atoms with van der Waals surface area (Å²) in [4.78, 5) is 3.89. The first-order valence-electron chi connectivity index (χ1n) is 7.45. The number of halogens is 3. The van der Waals surface area contributed by atoms with Crippen LogP contribution in [-0.2, 0) is 17.1 Å². The molecular weight excluding hydrogens is 387 g/mol. The van der Waals surface area contributed by atoms with E-state index < -0.39 is 28.7 Å². The van der Waals surface area contributed by atoms with Crippen LogP contribution in [0.2, 0.25) is 0 Å². The average Bonchev–Trinajstić information content (AvgIpc) is 3.00. The average molecular weight is 399 g/mol.